The number of carbonyl (C=O) groups excluding carboxylic acids is 1. The number of fused-ring (bicyclic) bond motifs is 1. The van der Waals surface area contributed by atoms with Crippen LogP contribution in [0.2, 0.25) is 0 Å². The molecule has 0 aliphatic rings. The summed E-state index contributed by atoms with van der Waals surface area (Å²) in [6.45, 7) is 2.64. The van der Waals surface area contributed by atoms with Crippen LogP contribution < -0.4 is 5.73 Å². The minimum absolute atomic E-state index is 0.392. The standard InChI is InChI=1S/C23H20N2O/c1-16-21(23(24)26)14-22(18-9-3-2-4-10-18)25(16)15-19-12-7-11-17-8-5-6-13-20(17)19/h2-14H,15H2,1H3,(H2,24,26). The maximum Gasteiger partial charge on any atom is 0.250 e. The second-order valence-electron chi connectivity index (χ2n) is 6.48. The van der Waals surface area contributed by atoms with Gasteiger partial charge in [-0.15, -0.1) is 0 Å². The van der Waals surface area contributed by atoms with Gasteiger partial charge in [0.1, 0.15) is 0 Å². The molecule has 3 nitrogen and oxygen atoms in total. The van der Waals surface area contributed by atoms with Crippen LogP contribution >= 0.6 is 0 Å². The van der Waals surface area contributed by atoms with Gasteiger partial charge in [-0.1, -0.05) is 72.8 Å². The molecule has 4 aromatic rings. The highest BCUT2D eigenvalue weighted by Crippen LogP contribution is 2.28. The molecule has 0 aliphatic carbocycles. The SMILES string of the molecule is Cc1c(C(N)=O)cc(-c2ccccc2)n1Cc1cccc2ccccc12. The first kappa shape index (κ1) is 16.2. The summed E-state index contributed by atoms with van der Waals surface area (Å²) < 4.78 is 2.18. The number of nitrogens with two attached hydrogens (primary N) is 1. The number of amides is 1. The molecule has 26 heavy (non-hydrogen) atoms. The molecule has 1 amide bonds. The van der Waals surface area contributed by atoms with Crippen LogP contribution in [0.5, 0.6) is 0 Å². The van der Waals surface area contributed by atoms with Gasteiger partial charge in [-0.25, -0.2) is 0 Å². The fourth-order valence-electron chi connectivity index (χ4n) is 3.55. The number of aromatic nitrogens is 1. The molecule has 4 rings (SSSR count). The van der Waals surface area contributed by atoms with Crippen LogP contribution in [0.25, 0.3) is 22.0 Å². The smallest absolute Gasteiger partial charge is 0.250 e. The highest BCUT2D eigenvalue weighted by molar-refractivity contribution is 5.95. The number of rotatable bonds is 4. The summed E-state index contributed by atoms with van der Waals surface area (Å²) in [4.78, 5) is 11.9. The van der Waals surface area contributed by atoms with Crippen LogP contribution in [0.15, 0.2) is 78.9 Å². The Morgan fingerprint density at radius 3 is 2.38 bits per heavy atom. The summed E-state index contributed by atoms with van der Waals surface area (Å²) in [5, 5.41) is 2.44. The zero-order valence-corrected chi connectivity index (χ0v) is 14.6. The van der Waals surface area contributed by atoms with E-state index in [-0.39, 0.29) is 0 Å². The first-order valence-electron chi connectivity index (χ1n) is 8.67. The Kier molecular flexibility index (Phi) is 4.05. The Morgan fingerprint density at radius 2 is 1.62 bits per heavy atom. The van der Waals surface area contributed by atoms with E-state index >= 15 is 0 Å². The summed E-state index contributed by atoms with van der Waals surface area (Å²) >= 11 is 0. The quantitative estimate of drug-likeness (QED) is 0.572. The van der Waals surface area contributed by atoms with Crippen molar-refractivity contribution < 1.29 is 4.79 Å². The van der Waals surface area contributed by atoms with E-state index < -0.39 is 5.91 Å². The van der Waals surface area contributed by atoms with E-state index in [0.29, 0.717) is 12.1 Å². The Hall–Kier alpha value is -3.33. The number of benzene rings is 3. The van der Waals surface area contributed by atoms with Gasteiger partial charge in [0.2, 0.25) is 0 Å². The van der Waals surface area contributed by atoms with E-state index in [4.69, 9.17) is 5.73 Å². The molecule has 3 aromatic carbocycles. The molecule has 0 aliphatic heterocycles. The van der Waals surface area contributed by atoms with Crippen molar-refractivity contribution in [2.45, 2.75) is 13.5 Å². The van der Waals surface area contributed by atoms with E-state index in [1.165, 1.54) is 16.3 Å². The Morgan fingerprint density at radius 1 is 0.923 bits per heavy atom. The molecule has 0 saturated heterocycles. The minimum Gasteiger partial charge on any atom is -0.366 e. The van der Waals surface area contributed by atoms with Crippen LogP contribution in [-0.4, -0.2) is 10.5 Å². The van der Waals surface area contributed by atoms with Gasteiger partial charge in [-0.3, -0.25) is 4.79 Å². The second-order valence-corrected chi connectivity index (χ2v) is 6.48. The lowest BCUT2D eigenvalue weighted by Crippen LogP contribution is -2.12. The first-order valence-corrected chi connectivity index (χ1v) is 8.67. The lowest BCUT2D eigenvalue weighted by Gasteiger charge is -2.14. The second kappa shape index (κ2) is 6.52. The molecule has 0 atom stereocenters. The molecular weight excluding hydrogens is 320 g/mol. The third kappa shape index (κ3) is 2.78. The zero-order valence-electron chi connectivity index (χ0n) is 14.6. The molecule has 0 fully saturated rings. The van der Waals surface area contributed by atoms with Gasteiger partial charge in [0, 0.05) is 17.9 Å². The maximum atomic E-state index is 11.9. The third-order valence-corrected chi connectivity index (χ3v) is 4.91. The van der Waals surface area contributed by atoms with E-state index in [9.17, 15) is 4.79 Å². The van der Waals surface area contributed by atoms with Gasteiger partial charge in [0.15, 0.2) is 0 Å². The van der Waals surface area contributed by atoms with Crippen molar-refractivity contribution in [3.05, 3.63) is 95.7 Å². The molecule has 3 heteroatoms. The minimum atomic E-state index is -0.392. The van der Waals surface area contributed by atoms with Crippen molar-refractivity contribution in [2.24, 2.45) is 5.73 Å². The molecule has 1 aromatic heterocycles. The molecule has 0 radical (unpaired) electrons. The third-order valence-electron chi connectivity index (χ3n) is 4.91. The van der Waals surface area contributed by atoms with Gasteiger partial charge in [0.05, 0.1) is 5.56 Å². The average molecular weight is 340 g/mol. The molecule has 0 saturated carbocycles. The topological polar surface area (TPSA) is 48.0 Å². The molecule has 0 unspecified atom stereocenters. The predicted octanol–water partition coefficient (Wildman–Crippen LogP) is 4.76. The van der Waals surface area contributed by atoms with Crippen molar-refractivity contribution >= 4 is 16.7 Å². The van der Waals surface area contributed by atoms with E-state index in [1.54, 1.807) is 0 Å². The monoisotopic (exact) mass is 340 g/mol. The molecule has 0 spiro atoms. The summed E-state index contributed by atoms with van der Waals surface area (Å²) in [5.74, 6) is -0.392. The van der Waals surface area contributed by atoms with E-state index in [1.807, 2.05) is 37.3 Å². The van der Waals surface area contributed by atoms with Gasteiger partial charge in [-0.05, 0) is 34.9 Å². The molecule has 0 bridgehead atoms. The van der Waals surface area contributed by atoms with Gasteiger partial charge in [-0.2, -0.15) is 0 Å². The number of hydrogen-bond donors (Lipinski definition) is 1. The van der Waals surface area contributed by atoms with Crippen molar-refractivity contribution in [1.29, 1.82) is 0 Å². The Labute approximate surface area is 152 Å². The zero-order chi connectivity index (χ0) is 18.1. The summed E-state index contributed by atoms with van der Waals surface area (Å²) in [6, 6.07) is 26.7. The van der Waals surface area contributed by atoms with E-state index in [2.05, 4.69) is 53.1 Å². The van der Waals surface area contributed by atoms with Crippen molar-refractivity contribution in [3.8, 4) is 11.3 Å². The summed E-state index contributed by atoms with van der Waals surface area (Å²) in [7, 11) is 0. The number of hydrogen-bond acceptors (Lipinski definition) is 1. The first-order chi connectivity index (χ1) is 12.6. The molecule has 128 valence electrons. The van der Waals surface area contributed by atoms with Gasteiger partial charge in [0.25, 0.3) is 5.91 Å². The highest BCUT2D eigenvalue weighted by atomic mass is 16.1. The maximum absolute atomic E-state index is 11.9. The van der Waals surface area contributed by atoms with Crippen molar-refractivity contribution in [2.75, 3.05) is 0 Å². The van der Waals surface area contributed by atoms with Crippen LogP contribution in [0.4, 0.5) is 0 Å². The highest BCUT2D eigenvalue weighted by Gasteiger charge is 2.17. The van der Waals surface area contributed by atoms with Crippen LogP contribution in [0, 0.1) is 6.92 Å². The average Bonchev–Trinajstić information content (AvgIpc) is 3.00. The Balaban J connectivity index is 1.89. The normalized spacial score (nSPS) is 11.0. The van der Waals surface area contributed by atoms with Crippen LogP contribution in [0.1, 0.15) is 21.6 Å². The molecular formula is C23H20N2O. The van der Waals surface area contributed by atoms with Gasteiger partial charge < -0.3 is 10.3 Å². The van der Waals surface area contributed by atoms with Gasteiger partial charge >= 0.3 is 0 Å². The summed E-state index contributed by atoms with van der Waals surface area (Å²) in [5.41, 5.74) is 10.4. The number of primary amides is 1. The Bertz CT molecular complexity index is 1090. The number of nitrogens with zero attached hydrogens (tertiary/aromatic N) is 1. The largest absolute Gasteiger partial charge is 0.366 e. The van der Waals surface area contributed by atoms with Crippen molar-refractivity contribution in [1.82, 2.24) is 4.57 Å². The van der Waals surface area contributed by atoms with Crippen LogP contribution in [-0.2, 0) is 6.54 Å². The van der Waals surface area contributed by atoms with Crippen molar-refractivity contribution in [3.63, 3.8) is 0 Å². The predicted molar refractivity (Wildman–Crippen MR) is 106 cm³/mol. The summed E-state index contributed by atoms with van der Waals surface area (Å²) in [6.07, 6.45) is 0. The van der Waals surface area contributed by atoms with Crippen LogP contribution in [0.3, 0.4) is 0 Å². The fraction of sp³-hybridized carbons (Fsp3) is 0.0870. The van der Waals surface area contributed by atoms with E-state index in [0.717, 1.165) is 17.0 Å². The lowest BCUT2D eigenvalue weighted by atomic mass is 10.0. The lowest BCUT2D eigenvalue weighted by molar-refractivity contribution is 0.0999. The fourth-order valence-corrected chi connectivity index (χ4v) is 3.55. The molecule has 2 N–H and O–H groups in total. The molecule has 1 heterocycles. The number of carbonyl (C=O) groups is 1.